The Morgan fingerprint density at radius 3 is 2.43 bits per heavy atom. The zero-order chi connectivity index (χ0) is 16.0. The van der Waals surface area contributed by atoms with Crippen LogP contribution in [0.15, 0.2) is 35.5 Å². The van der Waals surface area contributed by atoms with E-state index in [1.54, 1.807) is 9.47 Å². The van der Waals surface area contributed by atoms with Crippen molar-refractivity contribution < 1.29 is 13.2 Å². The summed E-state index contributed by atoms with van der Waals surface area (Å²) in [5.41, 5.74) is 1.65. The molecule has 2 aliphatic heterocycles. The lowest BCUT2D eigenvalue weighted by Gasteiger charge is -2.16. The fraction of sp³-hybridized carbons (Fsp3) is 0.375. The predicted molar refractivity (Wildman–Crippen MR) is 84.9 cm³/mol. The van der Waals surface area contributed by atoms with E-state index in [9.17, 15) is 13.2 Å². The summed E-state index contributed by atoms with van der Waals surface area (Å²) in [5.74, 6) is -0.0952. The molecule has 0 bridgehead atoms. The molecule has 1 aromatic heterocycles. The van der Waals surface area contributed by atoms with Crippen LogP contribution in [0.25, 0.3) is 11.3 Å². The number of hydrogen-bond acceptors (Lipinski definition) is 4. The fourth-order valence-corrected chi connectivity index (χ4v) is 4.62. The monoisotopic (exact) mass is 331 g/mol. The average Bonchev–Trinajstić information content (AvgIpc) is 3.25. The Kier molecular flexibility index (Phi) is 3.26. The van der Waals surface area contributed by atoms with Crippen LogP contribution in [-0.4, -0.2) is 47.6 Å². The van der Waals surface area contributed by atoms with E-state index in [0.29, 0.717) is 17.9 Å². The fourth-order valence-electron chi connectivity index (χ4n) is 3.26. The van der Waals surface area contributed by atoms with Gasteiger partial charge >= 0.3 is 0 Å². The SMILES string of the molecule is O=C(c1c(-c2ccccc2)nc2n1CCS2(=O)=O)N1CCCC1. The number of fused-ring (bicyclic) bond motifs is 1. The Balaban J connectivity index is 1.91. The summed E-state index contributed by atoms with van der Waals surface area (Å²) >= 11 is 0. The third-order valence-electron chi connectivity index (χ3n) is 4.44. The molecular formula is C16H17N3O3S. The van der Waals surface area contributed by atoms with Crippen LogP contribution < -0.4 is 0 Å². The van der Waals surface area contributed by atoms with Crippen molar-refractivity contribution in [2.75, 3.05) is 18.8 Å². The molecule has 0 unspecified atom stereocenters. The van der Waals surface area contributed by atoms with Gasteiger partial charge in [0.1, 0.15) is 11.4 Å². The molecule has 0 spiro atoms. The summed E-state index contributed by atoms with van der Waals surface area (Å²) in [5, 5.41) is 0.0268. The summed E-state index contributed by atoms with van der Waals surface area (Å²) < 4.78 is 26.0. The van der Waals surface area contributed by atoms with Crippen molar-refractivity contribution in [1.82, 2.24) is 14.5 Å². The third kappa shape index (κ3) is 2.26. The van der Waals surface area contributed by atoms with Crippen molar-refractivity contribution >= 4 is 15.7 Å². The van der Waals surface area contributed by atoms with Crippen LogP contribution in [0.1, 0.15) is 23.3 Å². The van der Waals surface area contributed by atoms with E-state index in [0.717, 1.165) is 31.5 Å². The van der Waals surface area contributed by atoms with Crippen molar-refractivity contribution in [1.29, 1.82) is 0 Å². The first-order chi connectivity index (χ1) is 11.1. The number of hydrogen-bond donors (Lipinski definition) is 0. The van der Waals surface area contributed by atoms with Crippen LogP contribution in [0.4, 0.5) is 0 Å². The summed E-state index contributed by atoms with van der Waals surface area (Å²) in [7, 11) is -3.39. The van der Waals surface area contributed by atoms with Gasteiger partial charge in [-0.05, 0) is 12.8 Å². The van der Waals surface area contributed by atoms with E-state index in [4.69, 9.17) is 0 Å². The number of carbonyl (C=O) groups is 1. The molecule has 0 aliphatic carbocycles. The molecule has 0 N–H and O–H groups in total. The highest BCUT2D eigenvalue weighted by molar-refractivity contribution is 7.91. The first-order valence-electron chi connectivity index (χ1n) is 7.76. The maximum atomic E-state index is 12.9. The molecule has 1 amide bonds. The van der Waals surface area contributed by atoms with Crippen LogP contribution in [0.2, 0.25) is 0 Å². The van der Waals surface area contributed by atoms with E-state index in [-0.39, 0.29) is 16.8 Å². The van der Waals surface area contributed by atoms with Gasteiger partial charge in [0.2, 0.25) is 15.0 Å². The molecule has 0 atom stereocenters. The second kappa shape index (κ2) is 5.19. The minimum Gasteiger partial charge on any atom is -0.337 e. The van der Waals surface area contributed by atoms with Gasteiger partial charge in [-0.1, -0.05) is 30.3 Å². The molecule has 120 valence electrons. The van der Waals surface area contributed by atoms with Gasteiger partial charge in [0.25, 0.3) is 5.91 Å². The lowest BCUT2D eigenvalue weighted by molar-refractivity contribution is 0.0782. The molecule has 7 heteroatoms. The smallest absolute Gasteiger partial charge is 0.272 e. The van der Waals surface area contributed by atoms with Gasteiger partial charge in [0.15, 0.2) is 0 Å². The highest BCUT2D eigenvalue weighted by Crippen LogP contribution is 2.31. The quantitative estimate of drug-likeness (QED) is 0.837. The topological polar surface area (TPSA) is 72.3 Å². The molecule has 1 saturated heterocycles. The summed E-state index contributed by atoms with van der Waals surface area (Å²) in [6.45, 7) is 1.74. The van der Waals surface area contributed by atoms with Gasteiger partial charge < -0.3 is 9.47 Å². The zero-order valence-electron chi connectivity index (χ0n) is 12.6. The predicted octanol–water partition coefficient (Wildman–Crippen LogP) is 1.57. The number of likely N-dealkylation sites (tertiary alicyclic amines) is 1. The Morgan fingerprint density at radius 2 is 1.74 bits per heavy atom. The summed E-state index contributed by atoms with van der Waals surface area (Å²) in [6.07, 6.45) is 1.98. The molecule has 23 heavy (non-hydrogen) atoms. The number of rotatable bonds is 2. The standard InChI is InChI=1S/C16H17N3O3S/c20-15(18-8-4-5-9-18)14-13(12-6-2-1-3-7-12)17-16-19(14)10-11-23(16,21)22/h1-3,6-7H,4-5,8-11H2. The maximum Gasteiger partial charge on any atom is 0.272 e. The number of benzene rings is 1. The molecule has 2 aliphatic rings. The second-order valence-electron chi connectivity index (χ2n) is 5.93. The van der Waals surface area contributed by atoms with E-state index >= 15 is 0 Å². The number of sulfone groups is 1. The minimum absolute atomic E-state index is 0.0185. The Morgan fingerprint density at radius 1 is 1.04 bits per heavy atom. The van der Waals surface area contributed by atoms with E-state index in [2.05, 4.69) is 4.98 Å². The Hall–Kier alpha value is -2.15. The van der Waals surface area contributed by atoms with Gasteiger partial charge in [0.05, 0.1) is 5.75 Å². The highest BCUT2D eigenvalue weighted by atomic mass is 32.2. The molecule has 1 fully saturated rings. The molecule has 6 nitrogen and oxygen atoms in total. The van der Waals surface area contributed by atoms with E-state index in [1.807, 2.05) is 30.3 Å². The van der Waals surface area contributed by atoms with Gasteiger partial charge in [-0.15, -0.1) is 0 Å². The lowest BCUT2D eigenvalue weighted by Crippen LogP contribution is -2.30. The van der Waals surface area contributed by atoms with Crippen LogP contribution in [-0.2, 0) is 16.4 Å². The van der Waals surface area contributed by atoms with Crippen molar-refractivity contribution in [3.8, 4) is 11.3 Å². The third-order valence-corrected chi connectivity index (χ3v) is 6.03. The second-order valence-corrected chi connectivity index (χ2v) is 7.93. The van der Waals surface area contributed by atoms with Gasteiger partial charge in [-0.25, -0.2) is 13.4 Å². The maximum absolute atomic E-state index is 12.9. The number of imidazole rings is 1. The lowest BCUT2D eigenvalue weighted by atomic mass is 10.1. The number of amides is 1. The molecule has 1 aromatic carbocycles. The largest absolute Gasteiger partial charge is 0.337 e. The molecule has 0 saturated carbocycles. The van der Waals surface area contributed by atoms with Crippen LogP contribution in [0, 0.1) is 0 Å². The Labute approximate surface area is 134 Å². The van der Waals surface area contributed by atoms with Gasteiger partial charge in [-0.2, -0.15) is 0 Å². The van der Waals surface area contributed by atoms with Gasteiger partial charge in [-0.3, -0.25) is 4.79 Å². The molecule has 2 aromatic rings. The molecular weight excluding hydrogens is 314 g/mol. The van der Waals surface area contributed by atoms with E-state index < -0.39 is 9.84 Å². The minimum atomic E-state index is -3.39. The first kappa shape index (κ1) is 14.4. The van der Waals surface area contributed by atoms with Gasteiger partial charge in [0, 0.05) is 25.2 Å². The van der Waals surface area contributed by atoms with Crippen LogP contribution in [0.3, 0.4) is 0 Å². The number of aromatic nitrogens is 2. The van der Waals surface area contributed by atoms with Crippen molar-refractivity contribution in [2.45, 2.75) is 24.5 Å². The van der Waals surface area contributed by atoms with Crippen molar-refractivity contribution in [3.63, 3.8) is 0 Å². The average molecular weight is 331 g/mol. The van der Waals surface area contributed by atoms with Crippen LogP contribution >= 0.6 is 0 Å². The normalized spacial score (nSPS) is 19.0. The van der Waals surface area contributed by atoms with E-state index in [1.165, 1.54) is 0 Å². The first-order valence-corrected chi connectivity index (χ1v) is 9.41. The van der Waals surface area contributed by atoms with Crippen molar-refractivity contribution in [3.05, 3.63) is 36.0 Å². The van der Waals surface area contributed by atoms with Crippen LogP contribution in [0.5, 0.6) is 0 Å². The molecule has 4 rings (SSSR count). The molecule has 0 radical (unpaired) electrons. The number of nitrogens with zero attached hydrogens (tertiary/aromatic N) is 3. The zero-order valence-corrected chi connectivity index (χ0v) is 13.4. The highest BCUT2D eigenvalue weighted by Gasteiger charge is 2.37. The number of carbonyl (C=O) groups excluding carboxylic acids is 1. The summed E-state index contributed by atoms with van der Waals surface area (Å²) in [6, 6.07) is 9.31. The summed E-state index contributed by atoms with van der Waals surface area (Å²) in [4.78, 5) is 19.1. The Bertz CT molecular complexity index is 865. The molecule has 3 heterocycles. The van der Waals surface area contributed by atoms with Crippen molar-refractivity contribution in [2.24, 2.45) is 0 Å².